The molecule has 0 bridgehead atoms. The van der Waals surface area contributed by atoms with E-state index in [2.05, 4.69) is 20.1 Å². The zero-order chi connectivity index (χ0) is 17.3. The fourth-order valence-electron chi connectivity index (χ4n) is 2.76. The van der Waals surface area contributed by atoms with E-state index in [1.165, 1.54) is 23.4 Å². The second-order valence-corrected chi connectivity index (χ2v) is 6.27. The van der Waals surface area contributed by atoms with Crippen LogP contribution < -0.4 is 5.56 Å². The number of hydrogen-bond acceptors (Lipinski definition) is 6. The van der Waals surface area contributed by atoms with Crippen LogP contribution in [0.15, 0.2) is 23.5 Å². The standard InChI is InChI=1S/C15H20N6O3/c1-10-18-11(6-13(22)19-10)12-7-20(4-5-24-12)14(23)15(2,3)21-9-16-8-17-21/h6,8-9,12H,4-5,7H2,1-3H3,(H,18,19,22). The lowest BCUT2D eigenvalue weighted by molar-refractivity contribution is -0.147. The third-order valence-corrected chi connectivity index (χ3v) is 4.08. The Hall–Kier alpha value is -2.55. The first-order valence-corrected chi connectivity index (χ1v) is 7.72. The van der Waals surface area contributed by atoms with Gasteiger partial charge in [-0.2, -0.15) is 5.10 Å². The summed E-state index contributed by atoms with van der Waals surface area (Å²) in [6, 6.07) is 1.41. The van der Waals surface area contributed by atoms with Crippen molar-refractivity contribution in [2.45, 2.75) is 32.4 Å². The number of carbonyl (C=O) groups is 1. The number of nitrogens with zero attached hydrogens (tertiary/aromatic N) is 5. The molecule has 3 rings (SSSR count). The summed E-state index contributed by atoms with van der Waals surface area (Å²) in [5.41, 5.74) is -0.546. The van der Waals surface area contributed by atoms with Crippen molar-refractivity contribution in [1.82, 2.24) is 29.6 Å². The normalized spacial score (nSPS) is 18.6. The molecule has 0 radical (unpaired) electrons. The van der Waals surface area contributed by atoms with Crippen LogP contribution in [-0.4, -0.2) is 55.2 Å². The highest BCUT2D eigenvalue weighted by atomic mass is 16.5. The van der Waals surface area contributed by atoms with Gasteiger partial charge in [0.15, 0.2) is 0 Å². The van der Waals surface area contributed by atoms with E-state index in [1.807, 2.05) is 0 Å². The number of nitrogens with one attached hydrogen (secondary N) is 1. The molecule has 1 atom stereocenters. The van der Waals surface area contributed by atoms with Gasteiger partial charge in [-0.25, -0.2) is 14.6 Å². The smallest absolute Gasteiger partial charge is 0.251 e. The summed E-state index contributed by atoms with van der Waals surface area (Å²) in [5, 5.41) is 4.07. The molecule has 24 heavy (non-hydrogen) atoms. The molecule has 1 fully saturated rings. The van der Waals surface area contributed by atoms with Gasteiger partial charge in [0.1, 0.15) is 30.1 Å². The molecule has 0 aromatic carbocycles. The van der Waals surface area contributed by atoms with E-state index in [0.717, 1.165) is 0 Å². The van der Waals surface area contributed by atoms with Gasteiger partial charge in [-0.05, 0) is 20.8 Å². The minimum absolute atomic E-state index is 0.0807. The fourth-order valence-corrected chi connectivity index (χ4v) is 2.76. The number of H-pyrrole nitrogens is 1. The molecular weight excluding hydrogens is 312 g/mol. The van der Waals surface area contributed by atoms with Gasteiger partial charge in [-0.1, -0.05) is 0 Å². The first-order valence-electron chi connectivity index (χ1n) is 7.72. The number of morpholine rings is 1. The van der Waals surface area contributed by atoms with Crippen LogP contribution in [-0.2, 0) is 15.1 Å². The molecular formula is C15H20N6O3. The summed E-state index contributed by atoms with van der Waals surface area (Å²) < 4.78 is 7.25. The zero-order valence-corrected chi connectivity index (χ0v) is 13.9. The van der Waals surface area contributed by atoms with Gasteiger partial charge in [-0.3, -0.25) is 9.59 Å². The van der Waals surface area contributed by atoms with Gasteiger partial charge < -0.3 is 14.6 Å². The number of aromatic amines is 1. The second kappa shape index (κ2) is 6.16. The maximum Gasteiger partial charge on any atom is 0.251 e. The second-order valence-electron chi connectivity index (χ2n) is 6.27. The van der Waals surface area contributed by atoms with E-state index in [1.54, 1.807) is 25.7 Å². The first kappa shape index (κ1) is 16.3. The predicted octanol–water partition coefficient (Wildman–Crippen LogP) is 0.00502. The van der Waals surface area contributed by atoms with Gasteiger partial charge >= 0.3 is 0 Å². The fraction of sp³-hybridized carbons (Fsp3) is 0.533. The summed E-state index contributed by atoms with van der Waals surface area (Å²) in [6.45, 7) is 6.51. The van der Waals surface area contributed by atoms with E-state index in [0.29, 0.717) is 31.2 Å². The summed E-state index contributed by atoms with van der Waals surface area (Å²) in [7, 11) is 0. The first-order chi connectivity index (χ1) is 11.4. The quantitative estimate of drug-likeness (QED) is 0.848. The topological polar surface area (TPSA) is 106 Å². The average Bonchev–Trinajstić information content (AvgIpc) is 3.08. The molecule has 1 aliphatic heterocycles. The number of amides is 1. The molecule has 2 aromatic heterocycles. The molecule has 9 heteroatoms. The summed E-state index contributed by atoms with van der Waals surface area (Å²) in [4.78, 5) is 37.1. The van der Waals surface area contributed by atoms with Crippen molar-refractivity contribution in [2.24, 2.45) is 0 Å². The third-order valence-electron chi connectivity index (χ3n) is 4.08. The van der Waals surface area contributed by atoms with Crippen LogP contribution in [0, 0.1) is 6.92 Å². The van der Waals surface area contributed by atoms with Crippen molar-refractivity contribution in [2.75, 3.05) is 19.7 Å². The number of carbonyl (C=O) groups excluding carboxylic acids is 1. The summed E-state index contributed by atoms with van der Waals surface area (Å²) in [6.07, 6.45) is 2.51. The number of aromatic nitrogens is 5. The monoisotopic (exact) mass is 332 g/mol. The van der Waals surface area contributed by atoms with Crippen molar-refractivity contribution in [3.8, 4) is 0 Å². The molecule has 9 nitrogen and oxygen atoms in total. The Morgan fingerprint density at radius 1 is 1.46 bits per heavy atom. The van der Waals surface area contributed by atoms with E-state index in [4.69, 9.17) is 4.74 Å². The van der Waals surface area contributed by atoms with Crippen LogP contribution in [0.4, 0.5) is 0 Å². The number of aryl methyl sites for hydroxylation is 1. The van der Waals surface area contributed by atoms with Crippen molar-refractivity contribution >= 4 is 5.91 Å². The minimum Gasteiger partial charge on any atom is -0.368 e. The van der Waals surface area contributed by atoms with E-state index in [9.17, 15) is 9.59 Å². The van der Waals surface area contributed by atoms with E-state index in [-0.39, 0.29) is 11.5 Å². The Morgan fingerprint density at radius 2 is 2.25 bits per heavy atom. The number of hydrogen-bond donors (Lipinski definition) is 1. The molecule has 0 saturated carbocycles. The van der Waals surface area contributed by atoms with E-state index >= 15 is 0 Å². The molecule has 2 aromatic rings. The predicted molar refractivity (Wildman–Crippen MR) is 84.2 cm³/mol. The Balaban J connectivity index is 1.80. The van der Waals surface area contributed by atoms with Gasteiger partial charge in [-0.15, -0.1) is 0 Å². The lowest BCUT2D eigenvalue weighted by Gasteiger charge is -2.37. The van der Waals surface area contributed by atoms with Crippen LogP contribution >= 0.6 is 0 Å². The zero-order valence-electron chi connectivity index (χ0n) is 13.9. The Labute approximate surface area is 138 Å². The molecule has 1 saturated heterocycles. The summed E-state index contributed by atoms with van der Waals surface area (Å²) in [5.74, 6) is 0.440. The molecule has 3 heterocycles. The van der Waals surface area contributed by atoms with Gasteiger partial charge in [0.2, 0.25) is 5.91 Å². The highest BCUT2D eigenvalue weighted by Gasteiger charge is 2.37. The molecule has 1 N–H and O–H groups in total. The summed E-state index contributed by atoms with van der Waals surface area (Å²) >= 11 is 0. The Morgan fingerprint density at radius 3 is 2.92 bits per heavy atom. The largest absolute Gasteiger partial charge is 0.368 e. The molecule has 128 valence electrons. The van der Waals surface area contributed by atoms with Crippen molar-refractivity contribution in [1.29, 1.82) is 0 Å². The third kappa shape index (κ3) is 3.07. The number of ether oxygens (including phenoxy) is 1. The Bertz CT molecular complexity index is 783. The highest BCUT2D eigenvalue weighted by molar-refractivity contribution is 5.83. The lowest BCUT2D eigenvalue weighted by atomic mass is 10.0. The van der Waals surface area contributed by atoms with Gasteiger partial charge in [0.05, 0.1) is 18.8 Å². The van der Waals surface area contributed by atoms with Crippen LogP contribution in [0.5, 0.6) is 0 Å². The molecule has 1 aliphatic rings. The van der Waals surface area contributed by atoms with Crippen molar-refractivity contribution in [3.05, 3.63) is 40.6 Å². The maximum absolute atomic E-state index is 12.9. The molecule has 0 aliphatic carbocycles. The molecule has 1 amide bonds. The Kier molecular flexibility index (Phi) is 4.18. The molecule has 1 unspecified atom stereocenters. The SMILES string of the molecule is Cc1nc(C2CN(C(=O)C(C)(C)n3cncn3)CCO2)cc(=O)[nH]1. The lowest BCUT2D eigenvalue weighted by Crippen LogP contribution is -2.51. The van der Waals surface area contributed by atoms with Crippen LogP contribution in [0.25, 0.3) is 0 Å². The van der Waals surface area contributed by atoms with Crippen molar-refractivity contribution < 1.29 is 9.53 Å². The minimum atomic E-state index is -0.851. The van der Waals surface area contributed by atoms with Crippen LogP contribution in [0.1, 0.15) is 31.5 Å². The van der Waals surface area contributed by atoms with Crippen LogP contribution in [0.3, 0.4) is 0 Å². The highest BCUT2D eigenvalue weighted by Crippen LogP contribution is 2.24. The molecule has 0 spiro atoms. The van der Waals surface area contributed by atoms with Crippen molar-refractivity contribution in [3.63, 3.8) is 0 Å². The van der Waals surface area contributed by atoms with Gasteiger partial charge in [0, 0.05) is 12.6 Å². The number of rotatable bonds is 3. The average molecular weight is 332 g/mol. The van der Waals surface area contributed by atoms with Gasteiger partial charge in [0.25, 0.3) is 5.56 Å². The maximum atomic E-state index is 12.9. The van der Waals surface area contributed by atoms with E-state index < -0.39 is 11.6 Å². The van der Waals surface area contributed by atoms with Crippen LogP contribution in [0.2, 0.25) is 0 Å².